The molecular weight excluding hydrogens is 486 g/mol. The smallest absolute Gasteiger partial charge is 0.353 e. The number of β-lactam (4-membered cyclic amide) rings is 1. The quantitative estimate of drug-likeness (QED) is 0.234. The Labute approximate surface area is 200 Å². The number of sulfonamides is 1. The number of aliphatic carboxylic acids is 1. The summed E-state index contributed by atoms with van der Waals surface area (Å²) in [5.41, 5.74) is 0.453. The van der Waals surface area contributed by atoms with Gasteiger partial charge in [0.1, 0.15) is 5.70 Å². The Morgan fingerprint density at radius 3 is 2.71 bits per heavy atom. The van der Waals surface area contributed by atoms with E-state index in [9.17, 15) is 33.0 Å². The Morgan fingerprint density at radius 2 is 2.12 bits per heavy atom. The van der Waals surface area contributed by atoms with Gasteiger partial charge in [0.2, 0.25) is 21.8 Å². The molecule has 7 N–H and O–H groups in total. The van der Waals surface area contributed by atoms with Crippen LogP contribution in [-0.2, 0) is 31.0 Å². The number of carbonyl (C=O) groups excluding carboxylic acids is 2. The van der Waals surface area contributed by atoms with Crippen molar-refractivity contribution >= 4 is 39.6 Å². The summed E-state index contributed by atoms with van der Waals surface area (Å²) in [5.74, 6) is -2.68. The molecule has 2 amide bonds. The number of hydrogen-bond donors (Lipinski definition) is 6. The molecule has 4 rings (SSSR count). The molecule has 0 aliphatic carbocycles. The van der Waals surface area contributed by atoms with Gasteiger partial charge in [-0.25, -0.2) is 18.4 Å². The number of rotatable bonds is 8. The summed E-state index contributed by atoms with van der Waals surface area (Å²) in [5, 5.41) is 30.6. The summed E-state index contributed by atoms with van der Waals surface area (Å²) in [6, 6.07) is 0.473. The van der Waals surface area contributed by atoms with E-state index in [4.69, 9.17) is 5.14 Å². The van der Waals surface area contributed by atoms with Crippen molar-refractivity contribution in [1.29, 1.82) is 0 Å². The van der Waals surface area contributed by atoms with Crippen molar-refractivity contribution in [3.05, 3.63) is 28.6 Å². The maximum Gasteiger partial charge on any atom is 0.353 e. The van der Waals surface area contributed by atoms with Gasteiger partial charge in [-0.3, -0.25) is 9.59 Å². The molecule has 2 saturated heterocycles. The summed E-state index contributed by atoms with van der Waals surface area (Å²) in [6.45, 7) is 3.96. The number of carboxylic acids is 1. The number of H-pyrrole nitrogens is 1. The normalized spacial score (nSPS) is 29.7. The molecule has 3 aliphatic rings. The highest BCUT2D eigenvalue weighted by molar-refractivity contribution is 8.03. The SMILES string of the molecule is C[C@@H](O)[C@H]1C(=O)N2C(C(=O)O)=C(S[C@@H]3CN[C@H](C(=O)NCc4cc(S(N)(=O)=O)c[nH]4)C3)[C@H](C)[C@H]12. The number of nitrogens with one attached hydrogen (secondary N) is 3. The standard InChI is InChI=1S/C20H27N5O7S2/c1-8-15-14(9(2)26)19(28)25(15)16(20(29)30)17(8)33-11-4-13(23-6-11)18(27)24-5-10-3-12(7-22-10)34(21,31)32/h3,7-9,11,13-15,22-23,26H,4-6H2,1-2H3,(H,24,27)(H,29,30)(H2,21,31,32)/t8-,9-,11+,13+,14-,15-/m1/s1. The molecule has 6 atom stereocenters. The van der Waals surface area contributed by atoms with Crippen molar-refractivity contribution in [2.24, 2.45) is 17.0 Å². The first-order valence-electron chi connectivity index (χ1n) is 10.8. The molecule has 3 aliphatic heterocycles. The second kappa shape index (κ2) is 9.00. The second-order valence-corrected chi connectivity index (χ2v) is 11.7. The lowest BCUT2D eigenvalue weighted by atomic mass is 9.79. The Balaban J connectivity index is 1.37. The van der Waals surface area contributed by atoms with Gasteiger partial charge in [-0.15, -0.1) is 11.8 Å². The highest BCUT2D eigenvalue weighted by atomic mass is 32.2. The number of aromatic nitrogens is 1. The van der Waals surface area contributed by atoms with E-state index in [1.165, 1.54) is 35.8 Å². The summed E-state index contributed by atoms with van der Waals surface area (Å²) < 4.78 is 22.7. The van der Waals surface area contributed by atoms with Crippen LogP contribution in [0.15, 0.2) is 27.8 Å². The van der Waals surface area contributed by atoms with Crippen molar-refractivity contribution < 1.29 is 33.0 Å². The lowest BCUT2D eigenvalue weighted by molar-refractivity contribution is -0.163. The first kappa shape index (κ1) is 24.7. The zero-order valence-electron chi connectivity index (χ0n) is 18.5. The Morgan fingerprint density at radius 1 is 1.41 bits per heavy atom. The predicted molar refractivity (Wildman–Crippen MR) is 121 cm³/mol. The number of primary sulfonamides is 1. The zero-order valence-corrected chi connectivity index (χ0v) is 20.1. The highest BCUT2D eigenvalue weighted by Crippen LogP contribution is 2.51. The van der Waals surface area contributed by atoms with Gasteiger partial charge in [0.05, 0.1) is 35.5 Å². The van der Waals surface area contributed by atoms with Crippen LogP contribution in [0.5, 0.6) is 0 Å². The van der Waals surface area contributed by atoms with Crippen LogP contribution >= 0.6 is 11.8 Å². The zero-order chi connectivity index (χ0) is 24.9. The topological polar surface area (TPSA) is 195 Å². The number of hydrogen-bond acceptors (Lipinski definition) is 8. The molecule has 0 unspecified atom stereocenters. The largest absolute Gasteiger partial charge is 0.477 e. The van der Waals surface area contributed by atoms with Crippen LogP contribution in [0.4, 0.5) is 0 Å². The molecular formula is C20H27N5O7S2. The van der Waals surface area contributed by atoms with E-state index >= 15 is 0 Å². The second-order valence-electron chi connectivity index (χ2n) is 8.83. The predicted octanol–water partition coefficient (Wildman–Crippen LogP) is -1.10. The summed E-state index contributed by atoms with van der Waals surface area (Å²) in [7, 11) is -3.83. The van der Waals surface area contributed by atoms with Crippen LogP contribution in [0, 0.1) is 11.8 Å². The summed E-state index contributed by atoms with van der Waals surface area (Å²) in [4.78, 5) is 41.6. The van der Waals surface area contributed by atoms with Crippen LogP contribution in [0.2, 0.25) is 0 Å². The van der Waals surface area contributed by atoms with Crippen LogP contribution in [0.1, 0.15) is 26.0 Å². The Bertz CT molecular complexity index is 1160. The first-order chi connectivity index (χ1) is 15.9. The Hall–Kier alpha value is -2.39. The number of thioether (sulfide) groups is 1. The van der Waals surface area contributed by atoms with Crippen LogP contribution in [-0.4, -0.2) is 76.3 Å². The third-order valence-corrected chi connectivity index (χ3v) is 8.91. The van der Waals surface area contributed by atoms with Gasteiger partial charge in [-0.05, 0) is 19.4 Å². The van der Waals surface area contributed by atoms with E-state index in [2.05, 4.69) is 15.6 Å². The number of aliphatic hydroxyl groups excluding tert-OH is 1. The van der Waals surface area contributed by atoms with Crippen LogP contribution in [0.3, 0.4) is 0 Å². The number of amides is 2. The minimum absolute atomic E-state index is 0.0327. The number of nitrogens with two attached hydrogens (primary N) is 1. The minimum Gasteiger partial charge on any atom is -0.477 e. The summed E-state index contributed by atoms with van der Waals surface area (Å²) >= 11 is 1.36. The molecule has 0 bridgehead atoms. The van der Waals surface area contributed by atoms with E-state index in [-0.39, 0.29) is 46.2 Å². The molecule has 34 heavy (non-hydrogen) atoms. The van der Waals surface area contributed by atoms with Crippen molar-refractivity contribution in [1.82, 2.24) is 20.5 Å². The molecule has 14 heteroatoms. The molecule has 4 heterocycles. The van der Waals surface area contributed by atoms with Gasteiger partial charge in [-0.1, -0.05) is 6.92 Å². The molecule has 1 aromatic rings. The fourth-order valence-electron chi connectivity index (χ4n) is 4.84. The maximum atomic E-state index is 12.6. The molecule has 0 aromatic carbocycles. The van der Waals surface area contributed by atoms with Gasteiger partial charge in [0.15, 0.2) is 0 Å². The van der Waals surface area contributed by atoms with E-state index in [0.717, 1.165) is 0 Å². The number of fused-ring (bicyclic) bond motifs is 1. The van der Waals surface area contributed by atoms with E-state index in [1.54, 1.807) is 0 Å². The fourth-order valence-corrected chi connectivity index (χ4v) is 6.85. The van der Waals surface area contributed by atoms with Gasteiger partial charge >= 0.3 is 5.97 Å². The number of carbonyl (C=O) groups is 3. The highest BCUT2D eigenvalue weighted by Gasteiger charge is 2.60. The number of carboxylic acid groups (broad SMARTS) is 1. The molecule has 0 spiro atoms. The molecule has 12 nitrogen and oxygen atoms in total. The van der Waals surface area contributed by atoms with Gasteiger partial charge < -0.3 is 30.7 Å². The maximum absolute atomic E-state index is 12.6. The van der Waals surface area contributed by atoms with E-state index in [0.29, 0.717) is 23.6 Å². The Kier molecular flexibility index (Phi) is 6.54. The molecule has 0 radical (unpaired) electrons. The number of nitrogens with zero attached hydrogens (tertiary/aromatic N) is 1. The fraction of sp³-hybridized carbons (Fsp3) is 0.550. The average molecular weight is 514 g/mol. The monoisotopic (exact) mass is 513 g/mol. The third-order valence-electron chi connectivity index (χ3n) is 6.51. The van der Waals surface area contributed by atoms with Gasteiger partial charge in [-0.2, -0.15) is 0 Å². The lowest BCUT2D eigenvalue weighted by Crippen LogP contribution is -2.63. The van der Waals surface area contributed by atoms with E-state index in [1.807, 2.05) is 6.92 Å². The van der Waals surface area contributed by atoms with Crippen molar-refractivity contribution in [3.63, 3.8) is 0 Å². The molecule has 2 fully saturated rings. The number of aromatic amines is 1. The van der Waals surface area contributed by atoms with Gasteiger partial charge in [0.25, 0.3) is 0 Å². The number of aliphatic hydroxyl groups is 1. The van der Waals surface area contributed by atoms with Crippen molar-refractivity contribution in [3.8, 4) is 0 Å². The molecule has 0 saturated carbocycles. The lowest BCUT2D eigenvalue weighted by Gasteiger charge is -2.46. The van der Waals surface area contributed by atoms with Crippen molar-refractivity contribution in [2.45, 2.75) is 55.1 Å². The van der Waals surface area contributed by atoms with Crippen LogP contribution < -0.4 is 15.8 Å². The first-order valence-corrected chi connectivity index (χ1v) is 13.2. The minimum atomic E-state index is -3.83. The average Bonchev–Trinajstić information content (AvgIpc) is 3.44. The van der Waals surface area contributed by atoms with E-state index < -0.39 is 34.1 Å². The van der Waals surface area contributed by atoms with Crippen LogP contribution in [0.25, 0.3) is 0 Å². The van der Waals surface area contributed by atoms with Crippen molar-refractivity contribution in [2.75, 3.05) is 6.54 Å². The summed E-state index contributed by atoms with van der Waals surface area (Å²) in [6.07, 6.45) is 0.840. The molecule has 186 valence electrons. The molecule has 1 aromatic heterocycles. The third kappa shape index (κ3) is 4.35. The van der Waals surface area contributed by atoms with Gasteiger partial charge in [0, 0.05) is 34.5 Å².